The average molecular weight is 390 g/mol. The van der Waals surface area contributed by atoms with Gasteiger partial charge in [0.05, 0.1) is 24.8 Å². The molecule has 0 spiro atoms. The van der Waals surface area contributed by atoms with Crippen LogP contribution in [0.2, 0.25) is 0 Å². The van der Waals surface area contributed by atoms with Gasteiger partial charge in [-0.15, -0.1) is 0 Å². The quantitative estimate of drug-likeness (QED) is 0.691. The van der Waals surface area contributed by atoms with Gasteiger partial charge in [-0.05, 0) is 31.0 Å². The Morgan fingerprint density at radius 1 is 1.32 bits per heavy atom. The molecule has 1 atom stereocenters. The van der Waals surface area contributed by atoms with Gasteiger partial charge in [-0.1, -0.05) is 0 Å². The molecule has 0 unspecified atom stereocenters. The van der Waals surface area contributed by atoms with Gasteiger partial charge in [-0.2, -0.15) is 0 Å². The van der Waals surface area contributed by atoms with Crippen LogP contribution in [0.5, 0.6) is 5.75 Å². The molecule has 28 heavy (non-hydrogen) atoms. The first kappa shape index (κ1) is 20.4. The predicted molar refractivity (Wildman–Crippen MR) is 107 cm³/mol. The summed E-state index contributed by atoms with van der Waals surface area (Å²) in [6.07, 6.45) is 2.09. The molecule has 154 valence electrons. The van der Waals surface area contributed by atoms with E-state index < -0.39 is 0 Å². The molecule has 2 aliphatic heterocycles. The summed E-state index contributed by atoms with van der Waals surface area (Å²) in [5, 5.41) is 2.82. The summed E-state index contributed by atoms with van der Waals surface area (Å²) in [6, 6.07) is 5.50. The number of likely N-dealkylation sites (tertiary alicyclic amines) is 1. The van der Waals surface area contributed by atoms with Crippen LogP contribution in [0.15, 0.2) is 18.2 Å². The first-order chi connectivity index (χ1) is 13.5. The molecule has 0 radical (unpaired) electrons. The van der Waals surface area contributed by atoms with Gasteiger partial charge in [0.15, 0.2) is 0 Å². The lowest BCUT2D eigenvalue weighted by Crippen LogP contribution is -2.47. The second-order valence-corrected chi connectivity index (χ2v) is 7.43. The molecule has 8 nitrogen and oxygen atoms in total. The van der Waals surface area contributed by atoms with Crippen LogP contribution in [-0.2, 0) is 9.53 Å². The highest BCUT2D eigenvalue weighted by molar-refractivity contribution is 5.95. The summed E-state index contributed by atoms with van der Waals surface area (Å²) in [6.45, 7) is 2.81. The first-order valence-electron chi connectivity index (χ1n) is 9.79. The number of nitrogens with zero attached hydrogens (tertiary/aromatic N) is 2. The molecule has 1 fully saturated rings. The van der Waals surface area contributed by atoms with Gasteiger partial charge in [0.2, 0.25) is 5.91 Å². The lowest BCUT2D eigenvalue weighted by molar-refractivity contribution is -0.132. The highest BCUT2D eigenvalue weighted by atomic mass is 16.5. The van der Waals surface area contributed by atoms with Crippen LogP contribution < -0.4 is 20.7 Å². The van der Waals surface area contributed by atoms with Crippen LogP contribution in [0.3, 0.4) is 0 Å². The number of amides is 2. The van der Waals surface area contributed by atoms with E-state index in [1.807, 2.05) is 22.9 Å². The molecule has 1 saturated heterocycles. The van der Waals surface area contributed by atoms with Crippen molar-refractivity contribution in [2.24, 2.45) is 5.73 Å². The number of likely N-dealkylation sites (N-methyl/N-ethyl adjacent to an activating group) is 1. The number of methoxy groups -OCH3 is 1. The van der Waals surface area contributed by atoms with Gasteiger partial charge in [0, 0.05) is 45.4 Å². The molecule has 8 heteroatoms. The molecule has 2 heterocycles. The lowest BCUT2D eigenvalue weighted by Gasteiger charge is -2.37. The molecule has 1 aromatic rings. The van der Waals surface area contributed by atoms with Crippen molar-refractivity contribution in [1.82, 2.24) is 10.2 Å². The van der Waals surface area contributed by atoms with E-state index in [1.54, 1.807) is 19.2 Å². The number of piperidine rings is 1. The van der Waals surface area contributed by atoms with Crippen molar-refractivity contribution < 1.29 is 19.1 Å². The third-order valence-corrected chi connectivity index (χ3v) is 5.47. The molecular formula is C20H30N4O4. The van der Waals surface area contributed by atoms with Crippen LogP contribution in [-0.4, -0.2) is 75.8 Å². The van der Waals surface area contributed by atoms with Crippen molar-refractivity contribution in [1.29, 1.82) is 0 Å². The predicted octanol–water partition coefficient (Wildman–Crippen LogP) is 0.600. The normalized spacial score (nSPS) is 19.8. The van der Waals surface area contributed by atoms with Gasteiger partial charge in [0.25, 0.3) is 5.91 Å². The van der Waals surface area contributed by atoms with E-state index in [4.69, 9.17) is 15.2 Å². The van der Waals surface area contributed by atoms with Gasteiger partial charge in [0.1, 0.15) is 12.4 Å². The fourth-order valence-corrected chi connectivity index (χ4v) is 3.59. The molecule has 3 rings (SSSR count). The number of carbonyl (C=O) groups excluding carboxylic acids is 2. The number of carbonyl (C=O) groups is 2. The van der Waals surface area contributed by atoms with Crippen LogP contribution in [0, 0.1) is 0 Å². The summed E-state index contributed by atoms with van der Waals surface area (Å²) in [7, 11) is 3.54. The first-order valence-corrected chi connectivity index (χ1v) is 9.79. The fourth-order valence-electron chi connectivity index (χ4n) is 3.59. The minimum Gasteiger partial charge on any atom is -0.489 e. The highest BCUT2D eigenvalue weighted by Gasteiger charge is 2.30. The third kappa shape index (κ3) is 4.74. The van der Waals surface area contributed by atoms with Crippen molar-refractivity contribution >= 4 is 17.5 Å². The second-order valence-electron chi connectivity index (χ2n) is 7.43. The van der Waals surface area contributed by atoms with Crippen LogP contribution in [0.25, 0.3) is 0 Å². The van der Waals surface area contributed by atoms with E-state index >= 15 is 0 Å². The molecule has 0 bridgehead atoms. The van der Waals surface area contributed by atoms with Crippen molar-refractivity contribution in [3.8, 4) is 5.75 Å². The Bertz CT molecular complexity index is 703. The Kier molecular flexibility index (Phi) is 6.74. The van der Waals surface area contributed by atoms with Gasteiger partial charge in [-0.3, -0.25) is 9.59 Å². The van der Waals surface area contributed by atoms with E-state index in [0.717, 1.165) is 37.4 Å². The molecule has 1 aromatic carbocycles. The van der Waals surface area contributed by atoms with Gasteiger partial charge >= 0.3 is 0 Å². The van der Waals surface area contributed by atoms with E-state index in [-0.39, 0.29) is 23.9 Å². The number of hydrogen-bond acceptors (Lipinski definition) is 6. The van der Waals surface area contributed by atoms with Crippen molar-refractivity contribution in [2.75, 3.05) is 51.9 Å². The number of anilines is 1. The minimum atomic E-state index is -0.156. The van der Waals surface area contributed by atoms with Crippen LogP contribution in [0.1, 0.15) is 29.6 Å². The second kappa shape index (κ2) is 9.25. The zero-order valence-electron chi connectivity index (χ0n) is 16.6. The molecule has 0 saturated carbocycles. The van der Waals surface area contributed by atoms with E-state index in [2.05, 4.69) is 5.32 Å². The Morgan fingerprint density at radius 2 is 2.07 bits per heavy atom. The van der Waals surface area contributed by atoms with Crippen molar-refractivity contribution in [3.63, 3.8) is 0 Å². The number of nitrogens with one attached hydrogen (secondary N) is 1. The zero-order chi connectivity index (χ0) is 20.1. The summed E-state index contributed by atoms with van der Waals surface area (Å²) >= 11 is 0. The smallest absolute Gasteiger partial charge is 0.251 e. The standard InChI is InChI=1S/C20H30N4O4/c1-23-16(12-19(25)24-8-5-15(21)6-9-24)13-28-18-4-3-14(11-17(18)23)20(26)22-7-10-27-2/h3-4,11,15-16H,5-10,12-13,21H2,1-2H3,(H,22,26)/t16-/m1/s1. The molecule has 0 aromatic heterocycles. The summed E-state index contributed by atoms with van der Waals surface area (Å²) in [5.41, 5.74) is 7.31. The van der Waals surface area contributed by atoms with E-state index in [9.17, 15) is 9.59 Å². The summed E-state index contributed by atoms with van der Waals surface area (Å²) in [4.78, 5) is 28.9. The van der Waals surface area contributed by atoms with Gasteiger partial charge < -0.3 is 30.3 Å². The maximum Gasteiger partial charge on any atom is 0.251 e. The lowest BCUT2D eigenvalue weighted by atomic mass is 10.0. The number of hydrogen-bond donors (Lipinski definition) is 2. The maximum absolute atomic E-state index is 12.7. The number of rotatable bonds is 6. The number of benzene rings is 1. The van der Waals surface area contributed by atoms with E-state index in [1.165, 1.54) is 0 Å². The molecular weight excluding hydrogens is 360 g/mol. The zero-order valence-corrected chi connectivity index (χ0v) is 16.6. The maximum atomic E-state index is 12.7. The summed E-state index contributed by atoms with van der Waals surface area (Å²) in [5.74, 6) is 0.698. The SMILES string of the molecule is COCCNC(=O)c1ccc2c(c1)N(C)[C@H](CC(=O)N1CCC(N)CC1)CO2. The average Bonchev–Trinajstić information content (AvgIpc) is 2.70. The van der Waals surface area contributed by atoms with Crippen LogP contribution in [0.4, 0.5) is 5.69 Å². The van der Waals surface area contributed by atoms with E-state index in [0.29, 0.717) is 31.7 Å². The third-order valence-electron chi connectivity index (χ3n) is 5.47. The molecule has 2 aliphatic rings. The van der Waals surface area contributed by atoms with Crippen molar-refractivity contribution in [3.05, 3.63) is 23.8 Å². The monoisotopic (exact) mass is 390 g/mol. The molecule has 0 aliphatic carbocycles. The summed E-state index contributed by atoms with van der Waals surface area (Å²) < 4.78 is 10.8. The van der Waals surface area contributed by atoms with Crippen molar-refractivity contribution in [2.45, 2.75) is 31.3 Å². The van der Waals surface area contributed by atoms with Gasteiger partial charge in [-0.25, -0.2) is 0 Å². The Hall–Kier alpha value is -2.32. The van der Waals surface area contributed by atoms with Crippen LogP contribution >= 0.6 is 0 Å². The minimum absolute atomic E-state index is 0.0672. The Morgan fingerprint density at radius 3 is 2.79 bits per heavy atom. The molecule has 2 amide bonds. The highest BCUT2D eigenvalue weighted by Crippen LogP contribution is 2.34. The number of ether oxygens (including phenoxy) is 2. The topological polar surface area (TPSA) is 97.1 Å². The fraction of sp³-hybridized carbons (Fsp3) is 0.600. The Labute approximate surface area is 165 Å². The Balaban J connectivity index is 1.64. The number of nitrogens with two attached hydrogens (primary N) is 1. The largest absolute Gasteiger partial charge is 0.489 e. The molecule has 3 N–H and O–H groups in total. The number of fused-ring (bicyclic) bond motifs is 1.